The Morgan fingerprint density at radius 2 is 1.76 bits per heavy atom. The van der Waals surface area contributed by atoms with Gasteiger partial charge in [-0.2, -0.15) is 0 Å². The van der Waals surface area contributed by atoms with Gasteiger partial charge in [-0.05, 0) is 38.3 Å². The molecule has 1 atom stereocenters. The minimum Gasteiger partial charge on any atom is -0.362 e. The van der Waals surface area contributed by atoms with E-state index in [1.165, 1.54) is 37.7 Å². The minimum atomic E-state index is -0.787. The third-order valence-electron chi connectivity index (χ3n) is 4.72. The van der Waals surface area contributed by atoms with Crippen molar-refractivity contribution >= 4 is 5.78 Å². The van der Waals surface area contributed by atoms with Crippen molar-refractivity contribution in [2.24, 2.45) is 0 Å². The largest absolute Gasteiger partial charge is 0.362 e. The van der Waals surface area contributed by atoms with Gasteiger partial charge in [-0.3, -0.25) is 4.79 Å². The lowest BCUT2D eigenvalue weighted by atomic mass is 9.80. The first-order valence-corrected chi connectivity index (χ1v) is 8.51. The Bertz CT molecular complexity index is 392. The lowest BCUT2D eigenvalue weighted by molar-refractivity contribution is -0.132. The highest BCUT2D eigenvalue weighted by molar-refractivity contribution is 5.93. The smallest absolute Gasteiger partial charge is 0.172 e. The Hall–Kier alpha value is -0.890. The van der Waals surface area contributed by atoms with Gasteiger partial charge in [0, 0.05) is 13.5 Å². The van der Waals surface area contributed by atoms with Gasteiger partial charge in [-0.25, -0.2) is 0 Å². The average molecular weight is 292 g/mol. The molecule has 120 valence electrons. The van der Waals surface area contributed by atoms with Crippen LogP contribution in [0.3, 0.4) is 0 Å². The lowest BCUT2D eigenvalue weighted by Gasteiger charge is -2.33. The highest BCUT2D eigenvalue weighted by Gasteiger charge is 2.38. The van der Waals surface area contributed by atoms with Crippen LogP contribution in [0, 0.1) is 0 Å². The molecule has 0 saturated heterocycles. The van der Waals surface area contributed by atoms with Crippen LogP contribution >= 0.6 is 0 Å². The van der Waals surface area contributed by atoms with Crippen molar-refractivity contribution in [3.8, 4) is 0 Å². The van der Waals surface area contributed by atoms with Gasteiger partial charge in [0.05, 0.1) is 0 Å². The number of ketones is 1. The molecule has 1 unspecified atom stereocenters. The van der Waals surface area contributed by atoms with E-state index in [2.05, 4.69) is 19.9 Å². The Morgan fingerprint density at radius 3 is 2.38 bits per heavy atom. The summed E-state index contributed by atoms with van der Waals surface area (Å²) in [4.78, 5) is 12.6. The summed E-state index contributed by atoms with van der Waals surface area (Å²) >= 11 is 0. The third kappa shape index (κ3) is 4.81. The minimum absolute atomic E-state index is 0.214. The number of rotatable bonds is 10. The van der Waals surface area contributed by atoms with Crippen LogP contribution in [0.15, 0.2) is 23.3 Å². The monoisotopic (exact) mass is 292 g/mol. The highest BCUT2D eigenvalue weighted by atomic mass is 16.5. The topological polar surface area (TPSA) is 26.3 Å². The normalized spacial score (nSPS) is 21.9. The van der Waals surface area contributed by atoms with Crippen LogP contribution in [0.2, 0.25) is 0 Å². The molecule has 0 saturated carbocycles. The molecule has 0 aromatic heterocycles. The van der Waals surface area contributed by atoms with E-state index in [-0.39, 0.29) is 5.78 Å². The number of allylic oxidation sites excluding steroid dienone is 2. The van der Waals surface area contributed by atoms with Crippen LogP contribution < -0.4 is 0 Å². The Morgan fingerprint density at radius 1 is 1.14 bits per heavy atom. The molecule has 0 aromatic rings. The number of hydrogen-bond acceptors (Lipinski definition) is 2. The van der Waals surface area contributed by atoms with Crippen LogP contribution in [0.4, 0.5) is 0 Å². The van der Waals surface area contributed by atoms with Gasteiger partial charge in [-0.15, -0.1) is 0 Å². The molecule has 2 heteroatoms. The van der Waals surface area contributed by atoms with Crippen molar-refractivity contribution in [3.05, 3.63) is 23.3 Å². The van der Waals surface area contributed by atoms with E-state index < -0.39 is 5.60 Å². The van der Waals surface area contributed by atoms with Crippen LogP contribution in [-0.2, 0) is 9.53 Å². The maximum absolute atomic E-state index is 12.6. The summed E-state index contributed by atoms with van der Waals surface area (Å²) in [6.45, 7) is 6.36. The van der Waals surface area contributed by atoms with Crippen LogP contribution in [0.25, 0.3) is 0 Å². The zero-order valence-corrected chi connectivity index (χ0v) is 14.3. The van der Waals surface area contributed by atoms with Crippen LogP contribution in [-0.4, -0.2) is 18.5 Å². The van der Waals surface area contributed by atoms with E-state index >= 15 is 0 Å². The molecule has 0 fully saturated rings. The van der Waals surface area contributed by atoms with Crippen molar-refractivity contribution in [3.63, 3.8) is 0 Å². The molecule has 2 nitrogen and oxygen atoms in total. The number of unbranched alkanes of at least 4 members (excludes halogenated alkanes) is 6. The fourth-order valence-electron chi connectivity index (χ4n) is 3.06. The van der Waals surface area contributed by atoms with E-state index in [9.17, 15) is 4.79 Å². The quantitative estimate of drug-likeness (QED) is 0.399. The first-order valence-electron chi connectivity index (χ1n) is 8.51. The second-order valence-corrected chi connectivity index (χ2v) is 6.25. The fraction of sp³-hybridized carbons (Fsp3) is 0.737. The molecule has 0 spiro atoms. The number of carbonyl (C=O) groups excluding carboxylic acids is 1. The highest BCUT2D eigenvalue weighted by Crippen LogP contribution is 2.33. The summed E-state index contributed by atoms with van der Waals surface area (Å²) in [5.41, 5.74) is 1.55. The standard InChI is InChI=1S/C19H32O2/c1-5-6-7-8-9-10-11-14-18(20)19(21-4)15-12-13-16(2)17(19)3/h12,15H,5-11,13-14H2,1-4H3. The molecule has 1 aliphatic rings. The molecule has 0 radical (unpaired) electrons. The van der Waals surface area contributed by atoms with Crippen molar-refractivity contribution < 1.29 is 9.53 Å². The van der Waals surface area contributed by atoms with Crippen molar-refractivity contribution in [2.75, 3.05) is 7.11 Å². The van der Waals surface area contributed by atoms with Gasteiger partial charge in [0.15, 0.2) is 11.4 Å². The van der Waals surface area contributed by atoms with E-state index in [1.54, 1.807) is 7.11 Å². The molecule has 21 heavy (non-hydrogen) atoms. The Balaban J connectivity index is 2.43. The molecule has 0 aliphatic heterocycles. The number of methoxy groups -OCH3 is 1. The Kier molecular flexibility index (Phi) is 7.95. The number of carbonyl (C=O) groups is 1. The first kappa shape index (κ1) is 18.2. The van der Waals surface area contributed by atoms with Gasteiger partial charge < -0.3 is 4.74 Å². The van der Waals surface area contributed by atoms with Gasteiger partial charge in [0.25, 0.3) is 0 Å². The molecular formula is C19H32O2. The van der Waals surface area contributed by atoms with Crippen LogP contribution in [0.1, 0.15) is 78.6 Å². The molecular weight excluding hydrogens is 260 g/mol. The maximum Gasteiger partial charge on any atom is 0.172 e. The number of ether oxygens (including phenoxy) is 1. The summed E-state index contributed by atoms with van der Waals surface area (Å²) in [6, 6.07) is 0. The van der Waals surface area contributed by atoms with E-state index in [0.29, 0.717) is 6.42 Å². The van der Waals surface area contributed by atoms with Crippen LogP contribution in [0.5, 0.6) is 0 Å². The predicted molar refractivity (Wildman–Crippen MR) is 89.5 cm³/mol. The van der Waals surface area contributed by atoms with Crippen molar-refractivity contribution in [1.82, 2.24) is 0 Å². The summed E-state index contributed by atoms with van der Waals surface area (Å²) in [5, 5.41) is 0. The first-order chi connectivity index (χ1) is 10.1. The van der Waals surface area contributed by atoms with Crippen molar-refractivity contribution in [2.45, 2.75) is 84.2 Å². The second-order valence-electron chi connectivity index (χ2n) is 6.25. The zero-order valence-electron chi connectivity index (χ0n) is 14.3. The second kappa shape index (κ2) is 9.19. The molecule has 0 heterocycles. The molecule has 0 bridgehead atoms. The summed E-state index contributed by atoms with van der Waals surface area (Å²) in [7, 11) is 1.65. The van der Waals surface area contributed by atoms with E-state index in [0.717, 1.165) is 24.8 Å². The third-order valence-corrected chi connectivity index (χ3v) is 4.72. The SMILES string of the molecule is CCCCCCCCCC(=O)C1(OC)C=CCC(C)=C1C. The maximum atomic E-state index is 12.6. The van der Waals surface area contributed by atoms with Gasteiger partial charge in [0.2, 0.25) is 0 Å². The number of Topliss-reactive ketones (excluding diaryl/α,β-unsaturated/α-hetero) is 1. The predicted octanol–water partition coefficient (Wildman–Crippen LogP) is 5.38. The molecule has 1 rings (SSSR count). The van der Waals surface area contributed by atoms with Gasteiger partial charge in [-0.1, -0.05) is 57.1 Å². The molecule has 0 N–H and O–H groups in total. The average Bonchev–Trinajstić information content (AvgIpc) is 2.49. The fourth-order valence-corrected chi connectivity index (χ4v) is 3.06. The Labute approximate surface area is 130 Å². The van der Waals surface area contributed by atoms with Gasteiger partial charge >= 0.3 is 0 Å². The van der Waals surface area contributed by atoms with E-state index in [1.807, 2.05) is 13.0 Å². The number of hydrogen-bond donors (Lipinski definition) is 0. The summed E-state index contributed by atoms with van der Waals surface area (Å²) < 4.78 is 5.64. The van der Waals surface area contributed by atoms with Crippen molar-refractivity contribution in [1.29, 1.82) is 0 Å². The molecule has 0 aromatic carbocycles. The molecule has 1 aliphatic carbocycles. The van der Waals surface area contributed by atoms with Gasteiger partial charge in [0.1, 0.15) is 0 Å². The summed E-state index contributed by atoms with van der Waals surface area (Å²) in [5.74, 6) is 0.214. The molecule has 0 amide bonds. The lowest BCUT2D eigenvalue weighted by Crippen LogP contribution is -2.41. The van der Waals surface area contributed by atoms with E-state index in [4.69, 9.17) is 4.74 Å². The zero-order chi connectivity index (χ0) is 15.7. The summed E-state index contributed by atoms with van der Waals surface area (Å²) in [6.07, 6.45) is 14.2.